The number of carbonyl (C=O) groups excluding carboxylic acids is 1. The maximum absolute atomic E-state index is 12.2. The van der Waals surface area contributed by atoms with Gasteiger partial charge in [-0.1, -0.05) is 0 Å². The van der Waals surface area contributed by atoms with Crippen LogP contribution in [0.4, 0.5) is 5.69 Å². The number of benzene rings is 1. The standard InChI is InChI=1S/C20H21N3O5/c24-18-10-16(11-23-5-7-26-8-6-23)27-12-19(18)28-13-20(25)22-15-1-2-17-14(9-15)3-4-21-17/h1-4,9-10,12,21H,5-8,11,13H2,(H,22,25). The molecule has 146 valence electrons. The number of rotatable bonds is 6. The fourth-order valence-electron chi connectivity index (χ4n) is 3.08. The number of anilines is 1. The fraction of sp³-hybridized carbons (Fsp3) is 0.300. The Morgan fingerprint density at radius 2 is 2.07 bits per heavy atom. The van der Waals surface area contributed by atoms with E-state index >= 15 is 0 Å². The first kappa shape index (κ1) is 18.3. The highest BCUT2D eigenvalue weighted by Crippen LogP contribution is 2.17. The molecule has 1 saturated heterocycles. The number of ether oxygens (including phenoxy) is 2. The zero-order valence-electron chi connectivity index (χ0n) is 15.3. The van der Waals surface area contributed by atoms with Crippen molar-refractivity contribution in [1.29, 1.82) is 0 Å². The quantitative estimate of drug-likeness (QED) is 0.676. The van der Waals surface area contributed by atoms with E-state index in [4.69, 9.17) is 13.9 Å². The van der Waals surface area contributed by atoms with Gasteiger partial charge in [0, 0.05) is 41.9 Å². The van der Waals surface area contributed by atoms with E-state index in [0.717, 1.165) is 24.0 Å². The molecule has 3 heterocycles. The Labute approximate surface area is 161 Å². The van der Waals surface area contributed by atoms with Gasteiger partial charge in [0.25, 0.3) is 5.91 Å². The molecule has 28 heavy (non-hydrogen) atoms. The SMILES string of the molecule is O=C(COc1coc(CN2CCOCC2)cc1=O)Nc1ccc2[nH]ccc2c1. The van der Waals surface area contributed by atoms with Crippen molar-refractivity contribution in [2.75, 3.05) is 38.2 Å². The summed E-state index contributed by atoms with van der Waals surface area (Å²) >= 11 is 0. The third kappa shape index (κ3) is 4.41. The van der Waals surface area contributed by atoms with Crippen LogP contribution in [0.3, 0.4) is 0 Å². The van der Waals surface area contributed by atoms with Crippen molar-refractivity contribution in [1.82, 2.24) is 9.88 Å². The largest absolute Gasteiger partial charge is 0.477 e. The molecule has 1 fully saturated rings. The second kappa shape index (κ2) is 8.28. The highest BCUT2D eigenvalue weighted by Gasteiger charge is 2.14. The topological polar surface area (TPSA) is 96.8 Å². The predicted molar refractivity (Wildman–Crippen MR) is 103 cm³/mol. The van der Waals surface area contributed by atoms with Crippen molar-refractivity contribution < 1.29 is 18.7 Å². The summed E-state index contributed by atoms with van der Waals surface area (Å²) in [6.07, 6.45) is 3.10. The summed E-state index contributed by atoms with van der Waals surface area (Å²) in [6, 6.07) is 8.87. The molecule has 2 N–H and O–H groups in total. The molecular weight excluding hydrogens is 362 g/mol. The number of H-pyrrole nitrogens is 1. The average molecular weight is 383 g/mol. The molecule has 0 radical (unpaired) electrons. The van der Waals surface area contributed by atoms with Crippen LogP contribution in [-0.2, 0) is 16.1 Å². The van der Waals surface area contributed by atoms with Crippen LogP contribution in [0.5, 0.6) is 5.75 Å². The van der Waals surface area contributed by atoms with Gasteiger partial charge in [0.1, 0.15) is 12.0 Å². The Hall–Kier alpha value is -3.10. The normalized spacial score (nSPS) is 14.9. The van der Waals surface area contributed by atoms with Gasteiger partial charge in [-0.2, -0.15) is 0 Å². The zero-order valence-corrected chi connectivity index (χ0v) is 15.3. The zero-order chi connectivity index (χ0) is 19.3. The van der Waals surface area contributed by atoms with E-state index in [2.05, 4.69) is 15.2 Å². The minimum atomic E-state index is -0.355. The van der Waals surface area contributed by atoms with Crippen molar-refractivity contribution in [3.63, 3.8) is 0 Å². The molecule has 1 aliphatic heterocycles. The van der Waals surface area contributed by atoms with Gasteiger partial charge in [0.15, 0.2) is 6.61 Å². The first-order chi connectivity index (χ1) is 13.7. The Morgan fingerprint density at radius 1 is 1.21 bits per heavy atom. The number of amides is 1. The molecule has 0 bridgehead atoms. The molecule has 0 unspecified atom stereocenters. The monoisotopic (exact) mass is 383 g/mol. The van der Waals surface area contributed by atoms with E-state index in [1.807, 2.05) is 24.4 Å². The molecule has 4 rings (SSSR count). The van der Waals surface area contributed by atoms with E-state index < -0.39 is 0 Å². The van der Waals surface area contributed by atoms with Crippen molar-refractivity contribution in [3.8, 4) is 5.75 Å². The molecule has 3 aromatic rings. The van der Waals surface area contributed by atoms with Crippen LogP contribution in [0.25, 0.3) is 10.9 Å². The summed E-state index contributed by atoms with van der Waals surface area (Å²) in [6.45, 7) is 3.22. The van der Waals surface area contributed by atoms with Crippen molar-refractivity contribution in [2.45, 2.75) is 6.54 Å². The molecule has 0 aliphatic carbocycles. The van der Waals surface area contributed by atoms with E-state index in [1.165, 1.54) is 12.3 Å². The Balaban J connectivity index is 1.32. The molecular formula is C20H21N3O5. The number of hydrogen-bond acceptors (Lipinski definition) is 6. The first-order valence-corrected chi connectivity index (χ1v) is 9.09. The van der Waals surface area contributed by atoms with Crippen LogP contribution in [0.2, 0.25) is 0 Å². The summed E-state index contributed by atoms with van der Waals surface area (Å²) in [5.41, 5.74) is 1.34. The fourth-order valence-corrected chi connectivity index (χ4v) is 3.08. The van der Waals surface area contributed by atoms with Gasteiger partial charge < -0.3 is 24.2 Å². The minimum Gasteiger partial charge on any atom is -0.477 e. The highest BCUT2D eigenvalue weighted by molar-refractivity contribution is 5.94. The van der Waals surface area contributed by atoms with Gasteiger partial charge in [-0.25, -0.2) is 0 Å². The van der Waals surface area contributed by atoms with E-state index in [0.29, 0.717) is 31.2 Å². The Morgan fingerprint density at radius 3 is 2.89 bits per heavy atom. The summed E-state index contributed by atoms with van der Waals surface area (Å²) in [7, 11) is 0. The maximum atomic E-state index is 12.2. The molecule has 0 atom stereocenters. The summed E-state index contributed by atoms with van der Waals surface area (Å²) in [4.78, 5) is 29.6. The lowest BCUT2D eigenvalue weighted by Gasteiger charge is -2.25. The molecule has 8 nitrogen and oxygen atoms in total. The van der Waals surface area contributed by atoms with Gasteiger partial charge in [-0.3, -0.25) is 14.5 Å². The number of nitrogens with zero attached hydrogens (tertiary/aromatic N) is 1. The molecule has 2 aromatic heterocycles. The lowest BCUT2D eigenvalue weighted by molar-refractivity contribution is -0.118. The Bertz CT molecular complexity index is 1020. The smallest absolute Gasteiger partial charge is 0.262 e. The van der Waals surface area contributed by atoms with Crippen LogP contribution in [0.1, 0.15) is 5.76 Å². The van der Waals surface area contributed by atoms with Gasteiger partial charge >= 0.3 is 0 Å². The molecule has 0 saturated carbocycles. The third-order valence-corrected chi connectivity index (χ3v) is 4.53. The van der Waals surface area contributed by atoms with Crippen molar-refractivity contribution in [3.05, 3.63) is 58.8 Å². The van der Waals surface area contributed by atoms with Crippen molar-refractivity contribution >= 4 is 22.5 Å². The number of hydrogen-bond donors (Lipinski definition) is 2. The number of nitrogens with one attached hydrogen (secondary N) is 2. The number of aromatic amines is 1. The van der Waals surface area contributed by atoms with Crippen LogP contribution in [0, 0.1) is 0 Å². The van der Waals surface area contributed by atoms with E-state index in [9.17, 15) is 9.59 Å². The number of carbonyl (C=O) groups is 1. The van der Waals surface area contributed by atoms with Gasteiger partial charge in [0.2, 0.25) is 11.2 Å². The molecule has 8 heteroatoms. The first-order valence-electron chi connectivity index (χ1n) is 9.09. The van der Waals surface area contributed by atoms with E-state index in [1.54, 1.807) is 6.07 Å². The molecule has 1 aliphatic rings. The van der Waals surface area contributed by atoms with Crippen LogP contribution >= 0.6 is 0 Å². The summed E-state index contributed by atoms with van der Waals surface area (Å²) in [5, 5.41) is 3.75. The van der Waals surface area contributed by atoms with Crippen molar-refractivity contribution in [2.24, 2.45) is 0 Å². The highest BCUT2D eigenvalue weighted by atomic mass is 16.5. The molecule has 1 aromatic carbocycles. The maximum Gasteiger partial charge on any atom is 0.262 e. The Kier molecular flexibility index (Phi) is 5.41. The molecule has 1 amide bonds. The van der Waals surface area contributed by atoms with Crippen LogP contribution in [-0.4, -0.2) is 48.7 Å². The van der Waals surface area contributed by atoms with Gasteiger partial charge in [0.05, 0.1) is 19.8 Å². The second-order valence-corrected chi connectivity index (χ2v) is 6.58. The number of aromatic nitrogens is 1. The minimum absolute atomic E-state index is 0.0157. The van der Waals surface area contributed by atoms with Gasteiger partial charge in [-0.15, -0.1) is 0 Å². The number of morpholine rings is 1. The van der Waals surface area contributed by atoms with Gasteiger partial charge in [-0.05, 0) is 24.3 Å². The number of fused-ring (bicyclic) bond motifs is 1. The lowest BCUT2D eigenvalue weighted by atomic mass is 10.2. The third-order valence-electron chi connectivity index (χ3n) is 4.53. The van der Waals surface area contributed by atoms with E-state index in [-0.39, 0.29) is 23.7 Å². The van der Waals surface area contributed by atoms with Crippen LogP contribution in [0.15, 0.2) is 52.0 Å². The van der Waals surface area contributed by atoms with Crippen LogP contribution < -0.4 is 15.5 Å². The lowest BCUT2D eigenvalue weighted by Crippen LogP contribution is -2.35. The molecule has 0 spiro atoms. The predicted octanol–water partition coefficient (Wildman–Crippen LogP) is 1.97. The summed E-state index contributed by atoms with van der Waals surface area (Å²) < 4.78 is 16.1. The average Bonchev–Trinajstić information content (AvgIpc) is 3.16. The summed E-state index contributed by atoms with van der Waals surface area (Å²) in [5.74, 6) is 0.220. The second-order valence-electron chi connectivity index (χ2n) is 6.58.